The fraction of sp³-hybridized carbons (Fsp3) is 0.0870. The number of aromatic nitrogens is 3. The second kappa shape index (κ2) is 8.72. The van der Waals surface area contributed by atoms with Crippen LogP contribution in [0.15, 0.2) is 84.0 Å². The van der Waals surface area contributed by atoms with E-state index in [0.29, 0.717) is 22.9 Å². The van der Waals surface area contributed by atoms with Crippen molar-refractivity contribution in [3.63, 3.8) is 0 Å². The highest BCUT2D eigenvalue weighted by Gasteiger charge is 2.16. The minimum atomic E-state index is -0.288. The molecule has 4 nitrogen and oxygen atoms in total. The lowest BCUT2D eigenvalue weighted by atomic mass is 10.1. The zero-order valence-corrected chi connectivity index (χ0v) is 16.3. The van der Waals surface area contributed by atoms with Crippen LogP contribution in [0.5, 0.6) is 0 Å². The molecule has 0 unspecified atom stereocenters. The van der Waals surface area contributed by atoms with E-state index < -0.39 is 0 Å². The largest absolute Gasteiger partial charge is 0.274 e. The van der Waals surface area contributed by atoms with Gasteiger partial charge < -0.3 is 0 Å². The highest BCUT2D eigenvalue weighted by Crippen LogP contribution is 2.27. The molecular formula is C23H17FN4S. The molecule has 0 N–H and O–H groups in total. The van der Waals surface area contributed by atoms with Crippen LogP contribution in [0.3, 0.4) is 0 Å². The minimum absolute atomic E-state index is 0.288. The molecule has 4 aromatic rings. The van der Waals surface area contributed by atoms with Gasteiger partial charge in [-0.3, -0.25) is 4.57 Å². The Hall–Kier alpha value is -3.43. The van der Waals surface area contributed by atoms with Gasteiger partial charge in [0.2, 0.25) is 0 Å². The lowest BCUT2D eigenvalue weighted by Gasteiger charge is -2.11. The quantitative estimate of drug-likeness (QED) is 0.420. The zero-order valence-electron chi connectivity index (χ0n) is 15.5. The molecule has 0 aliphatic rings. The van der Waals surface area contributed by atoms with E-state index in [1.807, 2.05) is 53.1 Å². The number of hydrogen-bond donors (Lipinski definition) is 0. The summed E-state index contributed by atoms with van der Waals surface area (Å²) in [4.78, 5) is 0. The summed E-state index contributed by atoms with van der Waals surface area (Å²) in [5, 5.41) is 18.8. The van der Waals surface area contributed by atoms with Gasteiger partial charge in [-0.25, -0.2) is 4.39 Å². The van der Waals surface area contributed by atoms with Gasteiger partial charge in [0.15, 0.2) is 5.16 Å². The Morgan fingerprint density at radius 3 is 2.38 bits per heavy atom. The summed E-state index contributed by atoms with van der Waals surface area (Å²) in [6, 6.07) is 26.1. The molecule has 0 aliphatic carbocycles. The summed E-state index contributed by atoms with van der Waals surface area (Å²) in [6.45, 7) is 0. The number of benzene rings is 3. The smallest absolute Gasteiger partial charge is 0.196 e. The summed E-state index contributed by atoms with van der Waals surface area (Å²) < 4.78 is 15.4. The number of nitriles is 1. The second-order valence-electron chi connectivity index (χ2n) is 6.43. The molecule has 3 aromatic carbocycles. The maximum absolute atomic E-state index is 13.5. The second-order valence-corrected chi connectivity index (χ2v) is 7.37. The SMILES string of the molecule is N#Cc1ccccc1CSc1nnc(Cc2ccccc2)n1-c1ccc(F)cc1. The zero-order chi connectivity index (χ0) is 20.1. The molecule has 1 heterocycles. The summed E-state index contributed by atoms with van der Waals surface area (Å²) in [5.41, 5.74) is 3.52. The van der Waals surface area contributed by atoms with Crippen molar-refractivity contribution in [3.8, 4) is 11.8 Å². The van der Waals surface area contributed by atoms with E-state index in [1.54, 1.807) is 18.2 Å². The van der Waals surface area contributed by atoms with Crippen molar-refractivity contribution in [1.29, 1.82) is 5.26 Å². The van der Waals surface area contributed by atoms with Crippen molar-refractivity contribution >= 4 is 11.8 Å². The Morgan fingerprint density at radius 1 is 0.897 bits per heavy atom. The van der Waals surface area contributed by atoms with E-state index in [1.165, 1.54) is 23.9 Å². The van der Waals surface area contributed by atoms with Gasteiger partial charge in [-0.05, 0) is 41.5 Å². The van der Waals surface area contributed by atoms with E-state index in [-0.39, 0.29) is 5.82 Å². The van der Waals surface area contributed by atoms with Crippen LogP contribution < -0.4 is 0 Å². The van der Waals surface area contributed by atoms with Crippen LogP contribution in [0.2, 0.25) is 0 Å². The van der Waals surface area contributed by atoms with E-state index in [9.17, 15) is 9.65 Å². The summed E-state index contributed by atoms with van der Waals surface area (Å²) >= 11 is 1.50. The van der Waals surface area contributed by atoms with Crippen LogP contribution in [0, 0.1) is 17.1 Å². The summed E-state index contributed by atoms with van der Waals surface area (Å²) in [5.74, 6) is 1.08. The fourth-order valence-electron chi connectivity index (χ4n) is 3.03. The Bertz CT molecular complexity index is 1150. The van der Waals surface area contributed by atoms with Gasteiger partial charge in [0.25, 0.3) is 0 Å². The first kappa shape index (κ1) is 18.9. The standard InChI is InChI=1S/C23H17FN4S/c24-20-10-12-21(13-11-20)28-22(14-17-6-2-1-3-7-17)26-27-23(28)29-16-19-9-5-4-8-18(19)15-25/h1-13H,14,16H2. The molecule has 4 rings (SSSR count). The van der Waals surface area contributed by atoms with Gasteiger partial charge in [0, 0.05) is 17.9 Å². The first-order valence-electron chi connectivity index (χ1n) is 9.09. The van der Waals surface area contributed by atoms with Gasteiger partial charge >= 0.3 is 0 Å². The average molecular weight is 400 g/mol. The number of halogens is 1. The molecule has 0 spiro atoms. The lowest BCUT2D eigenvalue weighted by molar-refractivity contribution is 0.627. The van der Waals surface area contributed by atoms with Crippen molar-refractivity contribution in [1.82, 2.24) is 14.8 Å². The molecule has 6 heteroatoms. The molecule has 0 radical (unpaired) electrons. The van der Waals surface area contributed by atoms with Crippen LogP contribution >= 0.6 is 11.8 Å². The third-order valence-corrected chi connectivity index (χ3v) is 5.46. The molecule has 0 aliphatic heterocycles. The number of nitrogens with zero attached hydrogens (tertiary/aromatic N) is 4. The number of hydrogen-bond acceptors (Lipinski definition) is 4. The molecule has 0 fully saturated rings. The molecule has 0 saturated heterocycles. The van der Waals surface area contributed by atoms with Crippen molar-refractivity contribution in [3.05, 3.63) is 107 Å². The average Bonchev–Trinajstić information content (AvgIpc) is 3.16. The fourth-order valence-corrected chi connectivity index (χ4v) is 4.01. The summed E-state index contributed by atoms with van der Waals surface area (Å²) in [6.07, 6.45) is 0.612. The molecule has 0 atom stereocenters. The summed E-state index contributed by atoms with van der Waals surface area (Å²) in [7, 11) is 0. The Kier molecular flexibility index (Phi) is 5.68. The van der Waals surface area contributed by atoms with Gasteiger partial charge in [-0.1, -0.05) is 60.3 Å². The van der Waals surface area contributed by atoms with Crippen LogP contribution in [-0.2, 0) is 12.2 Å². The monoisotopic (exact) mass is 400 g/mol. The molecular weight excluding hydrogens is 383 g/mol. The minimum Gasteiger partial charge on any atom is -0.274 e. The van der Waals surface area contributed by atoms with E-state index in [0.717, 1.165) is 22.6 Å². The topological polar surface area (TPSA) is 54.5 Å². The van der Waals surface area contributed by atoms with Crippen LogP contribution in [0.25, 0.3) is 5.69 Å². The van der Waals surface area contributed by atoms with Gasteiger partial charge in [-0.2, -0.15) is 5.26 Å². The van der Waals surface area contributed by atoms with Crippen LogP contribution in [0.4, 0.5) is 4.39 Å². The van der Waals surface area contributed by atoms with Gasteiger partial charge in [0.05, 0.1) is 11.6 Å². The maximum Gasteiger partial charge on any atom is 0.196 e. The van der Waals surface area contributed by atoms with Crippen LogP contribution in [-0.4, -0.2) is 14.8 Å². The van der Waals surface area contributed by atoms with Crippen molar-refractivity contribution in [2.45, 2.75) is 17.3 Å². The van der Waals surface area contributed by atoms with Gasteiger partial charge in [0.1, 0.15) is 11.6 Å². The predicted octanol–water partition coefficient (Wildman–Crippen LogP) is 5.16. The predicted molar refractivity (Wildman–Crippen MR) is 111 cm³/mol. The van der Waals surface area contributed by atoms with Crippen molar-refractivity contribution in [2.75, 3.05) is 0 Å². The Morgan fingerprint density at radius 2 is 1.62 bits per heavy atom. The normalized spacial score (nSPS) is 10.6. The number of rotatable bonds is 6. The Balaban J connectivity index is 1.68. The molecule has 1 aromatic heterocycles. The molecule has 0 bridgehead atoms. The highest BCUT2D eigenvalue weighted by atomic mass is 32.2. The molecule has 0 saturated carbocycles. The van der Waals surface area contributed by atoms with Crippen molar-refractivity contribution < 1.29 is 4.39 Å². The third kappa shape index (κ3) is 4.36. The first-order chi connectivity index (χ1) is 14.2. The Labute approximate surface area is 172 Å². The van der Waals surface area contributed by atoms with Gasteiger partial charge in [-0.15, -0.1) is 10.2 Å². The lowest BCUT2D eigenvalue weighted by Crippen LogP contribution is -2.04. The van der Waals surface area contributed by atoms with E-state index in [4.69, 9.17) is 0 Å². The number of thioether (sulfide) groups is 1. The van der Waals surface area contributed by atoms with Crippen LogP contribution in [0.1, 0.15) is 22.5 Å². The van der Waals surface area contributed by atoms with Crippen molar-refractivity contribution in [2.24, 2.45) is 0 Å². The maximum atomic E-state index is 13.5. The van der Waals surface area contributed by atoms with E-state index >= 15 is 0 Å². The molecule has 0 amide bonds. The van der Waals surface area contributed by atoms with E-state index in [2.05, 4.69) is 16.3 Å². The molecule has 29 heavy (non-hydrogen) atoms. The highest BCUT2D eigenvalue weighted by molar-refractivity contribution is 7.98. The first-order valence-corrected chi connectivity index (χ1v) is 10.1. The molecule has 142 valence electrons. The third-order valence-electron chi connectivity index (χ3n) is 4.48.